The van der Waals surface area contributed by atoms with Crippen LogP contribution >= 0.6 is 8.69 Å². The van der Waals surface area contributed by atoms with Crippen LogP contribution in [0.2, 0.25) is 0 Å². The summed E-state index contributed by atoms with van der Waals surface area (Å²) >= 11 is 0. The molecule has 0 atom stereocenters. The Hall–Kier alpha value is -0.880. The SMILES string of the molecule is CC(C)(C)CC(C)(C)c1ccc(OP=O)cc1. The first-order valence-electron chi connectivity index (χ1n) is 5.85. The predicted molar refractivity (Wildman–Crippen MR) is 71.8 cm³/mol. The molecule has 0 unspecified atom stereocenters. The maximum atomic E-state index is 10.3. The fourth-order valence-electron chi connectivity index (χ4n) is 2.44. The average Bonchev–Trinajstić information content (AvgIpc) is 2.15. The quantitative estimate of drug-likeness (QED) is 0.706. The lowest BCUT2D eigenvalue weighted by atomic mass is 9.72. The largest absolute Gasteiger partial charge is 0.408 e. The lowest BCUT2D eigenvalue weighted by molar-refractivity contribution is 0.284. The summed E-state index contributed by atoms with van der Waals surface area (Å²) in [4.78, 5) is 0. The summed E-state index contributed by atoms with van der Waals surface area (Å²) in [7, 11) is -0.306. The van der Waals surface area contributed by atoms with Gasteiger partial charge in [-0.2, -0.15) is 0 Å². The van der Waals surface area contributed by atoms with Crippen molar-refractivity contribution in [1.82, 2.24) is 0 Å². The molecular weight excluding hydrogens is 231 g/mol. The van der Waals surface area contributed by atoms with Gasteiger partial charge in [0, 0.05) is 0 Å². The topological polar surface area (TPSA) is 26.3 Å². The first-order valence-corrected chi connectivity index (χ1v) is 6.58. The maximum Gasteiger partial charge on any atom is 0.395 e. The molecule has 0 bridgehead atoms. The summed E-state index contributed by atoms with van der Waals surface area (Å²) in [5, 5.41) is 0. The van der Waals surface area contributed by atoms with Crippen LogP contribution in [0.25, 0.3) is 0 Å². The Bertz CT molecular complexity index is 374. The van der Waals surface area contributed by atoms with E-state index in [-0.39, 0.29) is 14.1 Å². The minimum atomic E-state index is -0.306. The highest BCUT2D eigenvalue weighted by molar-refractivity contribution is 7.17. The summed E-state index contributed by atoms with van der Waals surface area (Å²) in [5.41, 5.74) is 1.71. The average molecular weight is 252 g/mol. The Labute approximate surface area is 106 Å². The van der Waals surface area contributed by atoms with Crippen LogP contribution in [0.1, 0.15) is 46.6 Å². The van der Waals surface area contributed by atoms with Gasteiger partial charge in [0.1, 0.15) is 5.75 Å². The predicted octanol–water partition coefficient (Wildman–Crippen LogP) is 4.99. The Kier molecular flexibility index (Phi) is 4.32. The third kappa shape index (κ3) is 4.47. The van der Waals surface area contributed by atoms with Crippen molar-refractivity contribution < 1.29 is 9.09 Å². The molecule has 0 aliphatic heterocycles. The van der Waals surface area contributed by atoms with E-state index in [1.807, 2.05) is 24.3 Å². The van der Waals surface area contributed by atoms with Crippen LogP contribution in [0, 0.1) is 5.41 Å². The standard InChI is InChI=1S/C14H21O2P/c1-13(2,3)10-14(4,5)11-6-8-12(9-7-11)16-17-15/h6-9H,10H2,1-5H3. The molecule has 0 N–H and O–H groups in total. The molecule has 2 nitrogen and oxygen atoms in total. The summed E-state index contributed by atoms with van der Waals surface area (Å²) < 4.78 is 15.2. The molecule has 3 heteroatoms. The van der Waals surface area contributed by atoms with Crippen LogP contribution in [-0.4, -0.2) is 0 Å². The zero-order valence-electron chi connectivity index (χ0n) is 11.3. The zero-order valence-corrected chi connectivity index (χ0v) is 12.2. The number of hydrogen-bond donors (Lipinski definition) is 0. The van der Waals surface area contributed by atoms with E-state index in [0.29, 0.717) is 11.2 Å². The monoisotopic (exact) mass is 252 g/mol. The fourth-order valence-corrected chi connectivity index (χ4v) is 2.65. The van der Waals surface area contributed by atoms with Gasteiger partial charge in [0.25, 0.3) is 0 Å². The summed E-state index contributed by atoms with van der Waals surface area (Å²) in [6.07, 6.45) is 1.11. The van der Waals surface area contributed by atoms with Gasteiger partial charge in [-0.05, 0) is 34.9 Å². The first-order chi connectivity index (χ1) is 7.74. The Balaban J connectivity index is 2.87. The van der Waals surface area contributed by atoms with Gasteiger partial charge in [0.05, 0.1) is 0 Å². The van der Waals surface area contributed by atoms with Gasteiger partial charge in [-0.1, -0.05) is 46.8 Å². The maximum absolute atomic E-state index is 10.3. The van der Waals surface area contributed by atoms with Crippen molar-refractivity contribution >= 4 is 8.69 Å². The van der Waals surface area contributed by atoms with Crippen molar-refractivity contribution in [2.75, 3.05) is 0 Å². The van der Waals surface area contributed by atoms with E-state index in [0.717, 1.165) is 6.42 Å². The van der Waals surface area contributed by atoms with Crippen LogP contribution in [0.3, 0.4) is 0 Å². The highest BCUT2D eigenvalue weighted by Gasteiger charge is 2.27. The highest BCUT2D eigenvalue weighted by Crippen LogP contribution is 2.36. The number of rotatable bonds is 4. The van der Waals surface area contributed by atoms with Gasteiger partial charge in [0.15, 0.2) is 0 Å². The lowest BCUT2D eigenvalue weighted by Crippen LogP contribution is -2.24. The van der Waals surface area contributed by atoms with Crippen LogP contribution in [0.15, 0.2) is 24.3 Å². The Morgan fingerprint density at radius 2 is 1.59 bits per heavy atom. The van der Waals surface area contributed by atoms with Gasteiger partial charge < -0.3 is 4.52 Å². The zero-order chi connectivity index (χ0) is 13.1. The Morgan fingerprint density at radius 3 is 2.00 bits per heavy atom. The second kappa shape index (κ2) is 5.18. The van der Waals surface area contributed by atoms with Crippen LogP contribution in [0.5, 0.6) is 5.75 Å². The van der Waals surface area contributed by atoms with Crippen molar-refractivity contribution in [3.8, 4) is 5.75 Å². The molecule has 1 aromatic carbocycles. The van der Waals surface area contributed by atoms with Crippen LogP contribution in [0.4, 0.5) is 0 Å². The molecule has 0 saturated heterocycles. The third-order valence-electron chi connectivity index (χ3n) is 2.75. The van der Waals surface area contributed by atoms with E-state index in [1.165, 1.54) is 5.56 Å². The van der Waals surface area contributed by atoms with Crippen LogP contribution < -0.4 is 4.52 Å². The minimum Gasteiger partial charge on any atom is -0.408 e. The van der Waals surface area contributed by atoms with Crippen molar-refractivity contribution in [2.24, 2.45) is 5.41 Å². The second-order valence-electron chi connectivity index (χ2n) is 6.31. The van der Waals surface area contributed by atoms with Gasteiger partial charge in [-0.15, -0.1) is 0 Å². The molecule has 17 heavy (non-hydrogen) atoms. The molecule has 0 aliphatic carbocycles. The van der Waals surface area contributed by atoms with Crippen LogP contribution in [-0.2, 0) is 9.98 Å². The number of hydrogen-bond acceptors (Lipinski definition) is 2. The molecule has 0 fully saturated rings. The Morgan fingerprint density at radius 1 is 1.06 bits per heavy atom. The van der Waals surface area contributed by atoms with E-state index in [2.05, 4.69) is 34.6 Å². The summed E-state index contributed by atoms with van der Waals surface area (Å²) in [6.45, 7) is 11.3. The molecule has 1 aromatic rings. The van der Waals surface area contributed by atoms with E-state index < -0.39 is 0 Å². The van der Waals surface area contributed by atoms with Gasteiger partial charge in [0.2, 0.25) is 0 Å². The second-order valence-corrected chi connectivity index (χ2v) is 6.64. The molecule has 0 saturated carbocycles. The molecule has 1 rings (SSSR count). The summed E-state index contributed by atoms with van der Waals surface area (Å²) in [6, 6.07) is 7.83. The molecule has 0 amide bonds. The molecular formula is C14H21O2P. The van der Waals surface area contributed by atoms with Crippen molar-refractivity contribution in [3.63, 3.8) is 0 Å². The minimum absolute atomic E-state index is 0.131. The van der Waals surface area contributed by atoms with Crippen molar-refractivity contribution in [3.05, 3.63) is 29.8 Å². The van der Waals surface area contributed by atoms with Gasteiger partial charge in [-0.25, -0.2) is 4.57 Å². The number of benzene rings is 1. The summed E-state index contributed by atoms with van der Waals surface area (Å²) in [5.74, 6) is 0.636. The highest BCUT2D eigenvalue weighted by atomic mass is 31.1. The van der Waals surface area contributed by atoms with E-state index in [1.54, 1.807) is 0 Å². The molecule has 0 aromatic heterocycles. The molecule has 0 aliphatic rings. The molecule has 0 radical (unpaired) electrons. The smallest absolute Gasteiger partial charge is 0.395 e. The fraction of sp³-hybridized carbons (Fsp3) is 0.571. The molecule has 0 spiro atoms. The third-order valence-corrected chi connectivity index (χ3v) is 3.04. The lowest BCUT2D eigenvalue weighted by Gasteiger charge is -2.33. The first kappa shape index (κ1) is 14.2. The molecule has 94 valence electrons. The van der Waals surface area contributed by atoms with E-state index in [4.69, 9.17) is 4.52 Å². The van der Waals surface area contributed by atoms with Crippen molar-refractivity contribution in [1.29, 1.82) is 0 Å². The van der Waals surface area contributed by atoms with E-state index >= 15 is 0 Å². The molecule has 0 heterocycles. The van der Waals surface area contributed by atoms with Gasteiger partial charge in [-0.3, -0.25) is 0 Å². The normalized spacial score (nSPS) is 12.8. The van der Waals surface area contributed by atoms with E-state index in [9.17, 15) is 4.57 Å². The van der Waals surface area contributed by atoms with Crippen molar-refractivity contribution in [2.45, 2.75) is 46.5 Å². The van der Waals surface area contributed by atoms with Gasteiger partial charge >= 0.3 is 8.69 Å².